The lowest BCUT2D eigenvalue weighted by Gasteiger charge is -2.12. The van der Waals surface area contributed by atoms with E-state index in [9.17, 15) is 14.4 Å². The Morgan fingerprint density at radius 2 is 1.95 bits per heavy atom. The molecule has 0 spiro atoms. The number of amides is 3. The Morgan fingerprint density at radius 1 is 1.21 bits per heavy atom. The first-order valence-electron chi connectivity index (χ1n) is 6.19. The molecule has 0 bridgehead atoms. The summed E-state index contributed by atoms with van der Waals surface area (Å²) in [5.74, 6) is -1.25. The molecule has 0 aromatic carbocycles. The Hall–Kier alpha value is -1.83. The van der Waals surface area contributed by atoms with Crippen LogP contribution in [0.2, 0.25) is 0 Å². The number of urea groups is 1. The van der Waals surface area contributed by atoms with Gasteiger partial charge in [0.2, 0.25) is 5.91 Å². The molecule has 0 aromatic heterocycles. The van der Waals surface area contributed by atoms with Crippen LogP contribution in [0.4, 0.5) is 4.79 Å². The number of likely N-dealkylation sites (N-methyl/N-ethyl adjacent to an activating group) is 1. The molecular weight excluding hydrogens is 254 g/mol. The number of hydrogen-bond donors (Lipinski definition) is 4. The molecule has 0 aromatic rings. The zero-order valence-corrected chi connectivity index (χ0v) is 10.8. The fourth-order valence-electron chi connectivity index (χ4n) is 1.73. The van der Waals surface area contributed by atoms with Gasteiger partial charge >= 0.3 is 12.0 Å². The maximum absolute atomic E-state index is 11.3. The molecule has 1 saturated heterocycles. The molecule has 8 nitrogen and oxygen atoms in total. The third-order valence-electron chi connectivity index (χ3n) is 2.66. The molecule has 0 saturated carbocycles. The van der Waals surface area contributed by atoms with Gasteiger partial charge in [0.15, 0.2) is 6.10 Å². The number of carbonyl (C=O) groups excluding carboxylic acids is 2. The topological polar surface area (TPSA) is 117 Å². The van der Waals surface area contributed by atoms with E-state index in [1.807, 2.05) is 0 Å². The predicted molar refractivity (Wildman–Crippen MR) is 65.6 cm³/mol. The largest absolute Gasteiger partial charge is 0.479 e. The fourth-order valence-corrected chi connectivity index (χ4v) is 1.73. The first-order valence-corrected chi connectivity index (χ1v) is 6.19. The lowest BCUT2D eigenvalue weighted by molar-refractivity contribution is -0.149. The van der Waals surface area contributed by atoms with Crippen LogP contribution in [0.1, 0.15) is 19.8 Å². The molecule has 1 fully saturated rings. The molecule has 0 radical (unpaired) electrons. The van der Waals surface area contributed by atoms with Gasteiger partial charge in [0.05, 0.1) is 12.6 Å². The minimum Gasteiger partial charge on any atom is -0.479 e. The van der Waals surface area contributed by atoms with E-state index in [4.69, 9.17) is 9.84 Å². The van der Waals surface area contributed by atoms with Crippen LogP contribution in [0.25, 0.3) is 0 Å². The Balaban J connectivity index is 2.14. The number of rotatable bonds is 6. The number of ether oxygens (including phenoxy) is 1. The summed E-state index contributed by atoms with van der Waals surface area (Å²) in [5.41, 5.74) is 0. The zero-order valence-electron chi connectivity index (χ0n) is 10.8. The van der Waals surface area contributed by atoms with Crippen LogP contribution in [-0.4, -0.2) is 54.9 Å². The van der Waals surface area contributed by atoms with Gasteiger partial charge in [0.25, 0.3) is 0 Å². The summed E-state index contributed by atoms with van der Waals surface area (Å²) in [7, 11) is 0. The lowest BCUT2D eigenvalue weighted by Crippen LogP contribution is -2.44. The Bertz CT molecular complexity index is 347. The van der Waals surface area contributed by atoms with Gasteiger partial charge in [-0.25, -0.2) is 9.59 Å². The van der Waals surface area contributed by atoms with E-state index in [1.165, 1.54) is 0 Å². The maximum Gasteiger partial charge on any atom is 0.332 e. The summed E-state index contributed by atoms with van der Waals surface area (Å²) in [5, 5.41) is 16.2. The van der Waals surface area contributed by atoms with Crippen LogP contribution in [0, 0.1) is 0 Å². The summed E-state index contributed by atoms with van der Waals surface area (Å²) in [6.07, 6.45) is -0.0445. The van der Waals surface area contributed by atoms with Gasteiger partial charge in [-0.15, -0.1) is 0 Å². The fraction of sp³-hybridized carbons (Fsp3) is 0.727. The van der Waals surface area contributed by atoms with Crippen molar-refractivity contribution in [3.8, 4) is 0 Å². The Morgan fingerprint density at radius 3 is 2.53 bits per heavy atom. The predicted octanol–water partition coefficient (Wildman–Crippen LogP) is -0.946. The van der Waals surface area contributed by atoms with Crippen LogP contribution < -0.4 is 16.0 Å². The van der Waals surface area contributed by atoms with Gasteiger partial charge in [-0.3, -0.25) is 4.79 Å². The molecule has 1 aliphatic heterocycles. The highest BCUT2D eigenvalue weighted by Crippen LogP contribution is 2.18. The van der Waals surface area contributed by atoms with Crippen LogP contribution in [0.15, 0.2) is 0 Å². The molecule has 8 heteroatoms. The highest BCUT2D eigenvalue weighted by molar-refractivity contribution is 5.83. The number of aliphatic carboxylic acids is 1. The number of carboxylic acids is 1. The minimum atomic E-state index is -0.983. The molecule has 1 heterocycles. The van der Waals surface area contributed by atoms with Crippen molar-refractivity contribution in [3.05, 3.63) is 0 Å². The third-order valence-corrected chi connectivity index (χ3v) is 2.66. The average Bonchev–Trinajstić information content (AvgIpc) is 2.83. The van der Waals surface area contributed by atoms with Gasteiger partial charge in [-0.1, -0.05) is 0 Å². The SMILES string of the molecule is CCNC(=O)CNC(=O)NCC1CCC(C(=O)O)O1. The molecule has 2 unspecified atom stereocenters. The monoisotopic (exact) mass is 273 g/mol. The molecular formula is C11H19N3O5. The summed E-state index contributed by atoms with van der Waals surface area (Å²) in [6, 6.07) is -0.478. The second-order valence-corrected chi connectivity index (χ2v) is 4.18. The second-order valence-electron chi connectivity index (χ2n) is 4.18. The summed E-state index contributed by atoms with van der Waals surface area (Å²) in [4.78, 5) is 33.1. The second kappa shape index (κ2) is 7.57. The van der Waals surface area contributed by atoms with Gasteiger partial charge in [0.1, 0.15) is 0 Å². The van der Waals surface area contributed by atoms with Gasteiger partial charge in [0, 0.05) is 13.1 Å². The van der Waals surface area contributed by atoms with Gasteiger partial charge in [-0.2, -0.15) is 0 Å². The lowest BCUT2D eigenvalue weighted by atomic mass is 10.2. The van der Waals surface area contributed by atoms with E-state index >= 15 is 0 Å². The first-order chi connectivity index (χ1) is 9.02. The average molecular weight is 273 g/mol. The molecule has 4 N–H and O–H groups in total. The van der Waals surface area contributed by atoms with E-state index in [1.54, 1.807) is 6.92 Å². The van der Waals surface area contributed by atoms with Gasteiger partial charge in [-0.05, 0) is 19.8 Å². The van der Waals surface area contributed by atoms with Crippen LogP contribution in [0.5, 0.6) is 0 Å². The smallest absolute Gasteiger partial charge is 0.332 e. The van der Waals surface area contributed by atoms with Crippen molar-refractivity contribution in [3.63, 3.8) is 0 Å². The van der Waals surface area contributed by atoms with Crippen LogP contribution >= 0.6 is 0 Å². The van der Waals surface area contributed by atoms with E-state index < -0.39 is 18.1 Å². The minimum absolute atomic E-state index is 0.0943. The van der Waals surface area contributed by atoms with Crippen molar-refractivity contribution < 1.29 is 24.2 Å². The number of carbonyl (C=O) groups is 3. The normalized spacial score (nSPS) is 21.7. The molecule has 19 heavy (non-hydrogen) atoms. The van der Waals surface area contributed by atoms with Crippen molar-refractivity contribution >= 4 is 17.9 Å². The highest BCUT2D eigenvalue weighted by atomic mass is 16.5. The summed E-state index contributed by atoms with van der Waals surface area (Å²) < 4.78 is 5.22. The van der Waals surface area contributed by atoms with Crippen molar-refractivity contribution in [1.82, 2.24) is 16.0 Å². The highest BCUT2D eigenvalue weighted by Gasteiger charge is 2.30. The molecule has 108 valence electrons. The van der Waals surface area contributed by atoms with Crippen molar-refractivity contribution in [2.24, 2.45) is 0 Å². The zero-order chi connectivity index (χ0) is 14.3. The molecule has 3 amide bonds. The van der Waals surface area contributed by atoms with Crippen molar-refractivity contribution in [2.75, 3.05) is 19.6 Å². The summed E-state index contributed by atoms with van der Waals surface area (Å²) in [6.45, 7) is 2.43. The standard InChI is InChI=1S/C11H19N3O5/c1-2-12-9(15)6-14-11(18)13-5-7-3-4-8(19-7)10(16)17/h7-8H,2-6H2,1H3,(H,12,15)(H,16,17)(H2,13,14,18). The number of nitrogens with one attached hydrogen (secondary N) is 3. The molecule has 0 aliphatic carbocycles. The van der Waals surface area contributed by atoms with Gasteiger partial charge < -0.3 is 25.8 Å². The maximum atomic E-state index is 11.3. The molecule has 1 rings (SSSR count). The Kier molecular flexibility index (Phi) is 6.07. The Labute approximate surface area is 110 Å². The van der Waals surface area contributed by atoms with Crippen molar-refractivity contribution in [1.29, 1.82) is 0 Å². The van der Waals surface area contributed by atoms with Crippen LogP contribution in [0.3, 0.4) is 0 Å². The van der Waals surface area contributed by atoms with Crippen molar-refractivity contribution in [2.45, 2.75) is 32.0 Å². The van der Waals surface area contributed by atoms with E-state index in [0.717, 1.165) is 0 Å². The third kappa shape index (κ3) is 5.56. The van der Waals surface area contributed by atoms with E-state index in [2.05, 4.69) is 16.0 Å². The first kappa shape index (κ1) is 15.2. The quantitative estimate of drug-likeness (QED) is 0.498. The summed E-state index contributed by atoms with van der Waals surface area (Å²) >= 11 is 0. The molecule has 2 atom stereocenters. The van der Waals surface area contributed by atoms with E-state index in [0.29, 0.717) is 19.4 Å². The molecule has 1 aliphatic rings. The number of carboxylic acid groups (broad SMARTS) is 1. The number of hydrogen-bond acceptors (Lipinski definition) is 4. The van der Waals surface area contributed by atoms with Crippen LogP contribution in [-0.2, 0) is 14.3 Å². The van der Waals surface area contributed by atoms with E-state index in [-0.39, 0.29) is 25.1 Å².